The molecule has 0 radical (unpaired) electrons. The number of aromatic nitrogens is 1. The van der Waals surface area contributed by atoms with Gasteiger partial charge in [-0.05, 0) is 12.8 Å². The maximum Gasteiger partial charge on any atom is 0.264 e. The van der Waals surface area contributed by atoms with Gasteiger partial charge in [0.05, 0.1) is 0 Å². The van der Waals surface area contributed by atoms with Gasteiger partial charge in [0.25, 0.3) is 10.0 Å². The van der Waals surface area contributed by atoms with Crippen LogP contribution in [0.4, 0.5) is 0 Å². The molecule has 0 aliphatic carbocycles. The Bertz CT molecular complexity index is 837. The number of sulfonamides is 1. The van der Waals surface area contributed by atoms with Gasteiger partial charge in [0.15, 0.2) is 11.7 Å². The van der Waals surface area contributed by atoms with E-state index in [1.165, 1.54) is 4.31 Å². The summed E-state index contributed by atoms with van der Waals surface area (Å²) in [6.45, 7) is 2.11. The second-order valence-corrected chi connectivity index (χ2v) is 7.67. The first-order chi connectivity index (χ1) is 11.4. The molecule has 2 heterocycles. The number of carbonyl (C=O) groups is 1. The van der Waals surface area contributed by atoms with Gasteiger partial charge in [-0.15, -0.1) is 0 Å². The molecule has 8 heteroatoms. The summed E-state index contributed by atoms with van der Waals surface area (Å²) in [7, 11) is -3.79. The summed E-state index contributed by atoms with van der Waals surface area (Å²) in [4.78, 5) is 15.4. The van der Waals surface area contributed by atoms with Gasteiger partial charge >= 0.3 is 0 Å². The van der Waals surface area contributed by atoms with Crippen LogP contribution in [-0.4, -0.2) is 36.7 Å². The van der Waals surface area contributed by atoms with Crippen molar-refractivity contribution in [3.63, 3.8) is 0 Å². The summed E-state index contributed by atoms with van der Waals surface area (Å²) >= 11 is 0. The van der Waals surface area contributed by atoms with Gasteiger partial charge in [0.1, 0.15) is 0 Å². The lowest BCUT2D eigenvalue weighted by Gasteiger charge is -2.29. The average molecular weight is 349 g/mol. The number of carbonyl (C=O) groups excluding carboxylic acids is 1. The van der Waals surface area contributed by atoms with E-state index >= 15 is 0 Å². The van der Waals surface area contributed by atoms with Crippen molar-refractivity contribution >= 4 is 15.9 Å². The third kappa shape index (κ3) is 3.07. The first kappa shape index (κ1) is 16.7. The number of piperidine rings is 1. The highest BCUT2D eigenvalue weighted by Crippen LogP contribution is 2.31. The molecule has 1 aromatic carbocycles. The number of amides is 1. The molecule has 0 bridgehead atoms. The molecule has 1 aliphatic rings. The number of nitrogens with two attached hydrogens (primary N) is 1. The second kappa shape index (κ2) is 6.37. The van der Waals surface area contributed by atoms with Crippen LogP contribution >= 0.6 is 0 Å². The van der Waals surface area contributed by atoms with E-state index in [-0.39, 0.29) is 35.7 Å². The number of hydrogen-bond donors (Lipinski definition) is 1. The Morgan fingerprint density at radius 3 is 2.46 bits per heavy atom. The van der Waals surface area contributed by atoms with Crippen LogP contribution in [0.2, 0.25) is 0 Å². The quantitative estimate of drug-likeness (QED) is 0.901. The van der Waals surface area contributed by atoms with Gasteiger partial charge in [-0.3, -0.25) is 4.79 Å². The summed E-state index contributed by atoms with van der Waals surface area (Å²) in [5.74, 6) is -0.122. The van der Waals surface area contributed by atoms with Crippen molar-refractivity contribution in [1.29, 1.82) is 0 Å². The van der Waals surface area contributed by atoms with Gasteiger partial charge in [0, 0.05) is 31.5 Å². The van der Waals surface area contributed by atoms with Crippen LogP contribution in [0, 0.1) is 12.8 Å². The van der Waals surface area contributed by atoms with Gasteiger partial charge in [-0.1, -0.05) is 30.3 Å². The third-order valence-corrected chi connectivity index (χ3v) is 5.99. The predicted molar refractivity (Wildman–Crippen MR) is 87.4 cm³/mol. The molecule has 1 saturated heterocycles. The molecule has 0 atom stereocenters. The molecule has 24 heavy (non-hydrogen) atoms. The van der Waals surface area contributed by atoms with Crippen LogP contribution < -0.4 is 5.73 Å². The van der Waals surface area contributed by atoms with E-state index in [9.17, 15) is 13.2 Å². The molecule has 128 valence electrons. The fraction of sp³-hybridized carbons (Fsp3) is 0.375. The van der Waals surface area contributed by atoms with Crippen LogP contribution in [0.25, 0.3) is 11.3 Å². The first-order valence-corrected chi connectivity index (χ1v) is 9.16. The van der Waals surface area contributed by atoms with Gasteiger partial charge in [0.2, 0.25) is 10.9 Å². The standard InChI is InChI=1S/C16H19N3O4S/c1-11-18-16(14(23-11)12-5-3-2-4-6-12)24(21,22)19-9-7-13(8-10-19)15(17)20/h2-6,13H,7-10H2,1H3,(H2,17,20). The lowest BCUT2D eigenvalue weighted by molar-refractivity contribution is -0.122. The SMILES string of the molecule is Cc1nc(S(=O)(=O)N2CCC(C(N)=O)CC2)c(-c2ccccc2)o1. The van der Waals surface area contributed by atoms with Crippen molar-refractivity contribution in [3.05, 3.63) is 36.2 Å². The Labute approximate surface area is 140 Å². The lowest BCUT2D eigenvalue weighted by atomic mass is 9.98. The molecule has 1 amide bonds. The van der Waals surface area contributed by atoms with Crippen molar-refractivity contribution in [2.24, 2.45) is 11.7 Å². The molecule has 7 nitrogen and oxygen atoms in total. The maximum atomic E-state index is 13.0. The van der Waals surface area contributed by atoms with Crippen LogP contribution in [0.1, 0.15) is 18.7 Å². The highest BCUT2D eigenvalue weighted by Gasteiger charge is 2.35. The van der Waals surface area contributed by atoms with Gasteiger partial charge in [-0.25, -0.2) is 13.4 Å². The lowest BCUT2D eigenvalue weighted by Crippen LogP contribution is -2.41. The van der Waals surface area contributed by atoms with Crippen molar-refractivity contribution < 1.29 is 17.6 Å². The van der Waals surface area contributed by atoms with E-state index in [0.29, 0.717) is 24.3 Å². The minimum Gasteiger partial charge on any atom is -0.440 e. The zero-order valence-corrected chi connectivity index (χ0v) is 14.1. The summed E-state index contributed by atoms with van der Waals surface area (Å²) in [6.07, 6.45) is 0.845. The van der Waals surface area contributed by atoms with Gasteiger partial charge in [-0.2, -0.15) is 4.31 Å². The van der Waals surface area contributed by atoms with Crippen molar-refractivity contribution in [2.75, 3.05) is 13.1 Å². The Kier molecular flexibility index (Phi) is 4.42. The summed E-state index contributed by atoms with van der Waals surface area (Å²) in [5.41, 5.74) is 5.96. The third-order valence-electron chi connectivity index (χ3n) is 4.18. The minimum absolute atomic E-state index is 0.0799. The van der Waals surface area contributed by atoms with Crippen LogP contribution in [0.15, 0.2) is 39.8 Å². The van der Waals surface area contributed by atoms with E-state index < -0.39 is 10.0 Å². The number of hydrogen-bond acceptors (Lipinski definition) is 5. The largest absolute Gasteiger partial charge is 0.440 e. The Morgan fingerprint density at radius 2 is 1.88 bits per heavy atom. The number of oxazole rings is 1. The van der Waals surface area contributed by atoms with Gasteiger partial charge < -0.3 is 10.2 Å². The monoisotopic (exact) mass is 349 g/mol. The molecule has 1 aromatic heterocycles. The molecule has 0 saturated carbocycles. The highest BCUT2D eigenvalue weighted by atomic mass is 32.2. The smallest absolute Gasteiger partial charge is 0.264 e. The topological polar surface area (TPSA) is 107 Å². The normalized spacial score (nSPS) is 17.0. The Hall–Kier alpha value is -2.19. The van der Waals surface area contributed by atoms with Crippen molar-refractivity contribution in [2.45, 2.75) is 24.8 Å². The zero-order valence-electron chi connectivity index (χ0n) is 13.3. The number of rotatable bonds is 4. The first-order valence-electron chi connectivity index (χ1n) is 7.72. The number of benzene rings is 1. The van der Waals surface area contributed by atoms with Crippen LogP contribution in [0.5, 0.6) is 0 Å². The fourth-order valence-electron chi connectivity index (χ4n) is 2.86. The van der Waals surface area contributed by atoms with E-state index in [1.54, 1.807) is 19.1 Å². The van der Waals surface area contributed by atoms with Crippen molar-refractivity contribution in [3.8, 4) is 11.3 Å². The number of primary amides is 1. The molecule has 3 rings (SSSR count). The summed E-state index contributed by atoms with van der Waals surface area (Å²) in [5, 5.41) is -0.0799. The minimum atomic E-state index is -3.79. The maximum absolute atomic E-state index is 13.0. The van der Waals surface area contributed by atoms with Crippen LogP contribution in [-0.2, 0) is 14.8 Å². The van der Waals surface area contributed by atoms with E-state index in [2.05, 4.69) is 4.98 Å². The zero-order chi connectivity index (χ0) is 17.3. The summed E-state index contributed by atoms with van der Waals surface area (Å²) in [6, 6.07) is 9.01. The van der Waals surface area contributed by atoms with E-state index in [1.807, 2.05) is 18.2 Å². The van der Waals surface area contributed by atoms with Crippen LogP contribution in [0.3, 0.4) is 0 Å². The second-order valence-electron chi connectivity index (χ2n) is 5.81. The molecule has 2 N–H and O–H groups in total. The number of aryl methyl sites for hydroxylation is 1. The molecule has 2 aromatic rings. The Balaban J connectivity index is 1.93. The average Bonchev–Trinajstić information content (AvgIpc) is 2.98. The fourth-order valence-corrected chi connectivity index (χ4v) is 4.43. The van der Waals surface area contributed by atoms with Crippen molar-refractivity contribution in [1.82, 2.24) is 9.29 Å². The Morgan fingerprint density at radius 1 is 1.25 bits per heavy atom. The molecule has 0 spiro atoms. The van der Waals surface area contributed by atoms with E-state index in [0.717, 1.165) is 0 Å². The molecule has 1 aliphatic heterocycles. The summed E-state index contributed by atoms with van der Waals surface area (Å²) < 4.78 is 32.8. The molecular weight excluding hydrogens is 330 g/mol. The molecular formula is C16H19N3O4S. The molecule has 0 unspecified atom stereocenters. The highest BCUT2D eigenvalue weighted by molar-refractivity contribution is 7.89. The predicted octanol–water partition coefficient (Wildman–Crippen LogP) is 1.54. The van der Waals surface area contributed by atoms with E-state index in [4.69, 9.17) is 10.2 Å². The molecule has 1 fully saturated rings. The number of nitrogens with zero attached hydrogens (tertiary/aromatic N) is 2.